The van der Waals surface area contributed by atoms with Crippen molar-refractivity contribution in [2.45, 2.75) is 0 Å². The molecule has 0 unspecified atom stereocenters. The van der Waals surface area contributed by atoms with E-state index in [4.69, 9.17) is 0 Å². The fraction of sp³-hybridized carbons (Fsp3) is 0. The van der Waals surface area contributed by atoms with Crippen LogP contribution >= 0.6 is 0 Å². The predicted octanol–water partition coefficient (Wildman–Crippen LogP) is -1.27. The minimum absolute atomic E-state index is 0. The molecule has 28 valence electrons. The zero-order valence-electron chi connectivity index (χ0n) is 1.21. The van der Waals surface area contributed by atoms with Crippen LogP contribution in [0.2, 0.25) is 0 Å². The molecule has 0 saturated carbocycles. The SMILES string of the molecule is [MgH2].[Ni+2].[OH-].[OH-]. The van der Waals surface area contributed by atoms with E-state index in [0.717, 1.165) is 0 Å². The summed E-state index contributed by atoms with van der Waals surface area (Å²) in [4.78, 5) is 0. The molecule has 0 aliphatic rings. The minimum Gasteiger partial charge on any atom is -0.870 e. The Balaban J connectivity index is 0. The Morgan fingerprint density at radius 1 is 0.750 bits per heavy atom. The summed E-state index contributed by atoms with van der Waals surface area (Å²) in [7, 11) is 0. The van der Waals surface area contributed by atoms with Gasteiger partial charge in [0.05, 0.1) is 0 Å². The summed E-state index contributed by atoms with van der Waals surface area (Å²) < 4.78 is 0. The van der Waals surface area contributed by atoms with Gasteiger partial charge in [-0.1, -0.05) is 0 Å². The third-order valence-corrected chi connectivity index (χ3v) is 0. The minimum atomic E-state index is 0. The molecule has 0 aromatic carbocycles. The van der Waals surface area contributed by atoms with Crippen LogP contribution in [-0.4, -0.2) is 34.0 Å². The Kier molecular flexibility index (Phi) is 494. The molecule has 0 saturated heterocycles. The van der Waals surface area contributed by atoms with E-state index in [2.05, 4.69) is 0 Å². The molecule has 0 aromatic rings. The standard InChI is InChI=1S/Mg.Ni.2H2O.2H/h;;2*1H2;;/q;+2;;;;/p-2. The molecule has 0 aromatic heterocycles. The molecule has 0 atom stereocenters. The zero-order valence-corrected chi connectivity index (χ0v) is 2.20. The summed E-state index contributed by atoms with van der Waals surface area (Å²) in [6.07, 6.45) is 0. The van der Waals surface area contributed by atoms with Crippen molar-refractivity contribution in [2.24, 2.45) is 0 Å². The first kappa shape index (κ1) is 65.0. The van der Waals surface area contributed by atoms with Gasteiger partial charge in [-0.25, -0.2) is 0 Å². The van der Waals surface area contributed by atoms with Gasteiger partial charge in [0.1, 0.15) is 0 Å². The third kappa shape index (κ3) is 10.9. The Morgan fingerprint density at radius 2 is 0.750 bits per heavy atom. The molecule has 2 nitrogen and oxygen atoms in total. The molecule has 0 fully saturated rings. The van der Waals surface area contributed by atoms with Crippen LogP contribution in [0.3, 0.4) is 0 Å². The van der Waals surface area contributed by atoms with Crippen molar-refractivity contribution >= 4 is 23.1 Å². The van der Waals surface area contributed by atoms with Crippen LogP contribution in [0.5, 0.6) is 0 Å². The van der Waals surface area contributed by atoms with Gasteiger partial charge in [0.15, 0.2) is 0 Å². The maximum absolute atomic E-state index is 0. The van der Waals surface area contributed by atoms with Crippen LogP contribution in [0.4, 0.5) is 0 Å². The average molecular weight is 119 g/mol. The van der Waals surface area contributed by atoms with Crippen molar-refractivity contribution in [3.8, 4) is 0 Å². The molecule has 0 bridgehead atoms. The van der Waals surface area contributed by atoms with Crippen LogP contribution in [0.25, 0.3) is 0 Å². The molecule has 0 aliphatic heterocycles. The first-order valence-electron chi connectivity index (χ1n) is 0. The van der Waals surface area contributed by atoms with Crippen LogP contribution in [0.1, 0.15) is 0 Å². The molecular formula is H4MgNiO2. The van der Waals surface area contributed by atoms with Crippen LogP contribution in [-0.2, 0) is 16.5 Å². The second-order valence-corrected chi connectivity index (χ2v) is 0. The van der Waals surface area contributed by atoms with Gasteiger partial charge in [0.25, 0.3) is 0 Å². The molecule has 0 spiro atoms. The first-order valence-corrected chi connectivity index (χ1v) is 0. The molecule has 4 heavy (non-hydrogen) atoms. The second-order valence-electron chi connectivity index (χ2n) is 0. The van der Waals surface area contributed by atoms with Crippen LogP contribution in [0, 0.1) is 0 Å². The van der Waals surface area contributed by atoms with Gasteiger partial charge in [-0.15, -0.1) is 0 Å². The molecule has 0 heterocycles. The monoisotopic (exact) mass is 118 g/mol. The van der Waals surface area contributed by atoms with Crippen molar-refractivity contribution in [3.63, 3.8) is 0 Å². The Bertz CT molecular complexity index is 6.00. The van der Waals surface area contributed by atoms with E-state index in [0.29, 0.717) is 0 Å². The van der Waals surface area contributed by atoms with E-state index in [-0.39, 0.29) is 50.5 Å². The van der Waals surface area contributed by atoms with E-state index in [9.17, 15) is 0 Å². The van der Waals surface area contributed by atoms with Crippen LogP contribution in [0.15, 0.2) is 0 Å². The average Bonchev–Trinajstić information content (AvgIpc) is 0. The summed E-state index contributed by atoms with van der Waals surface area (Å²) >= 11 is 0. The fourth-order valence-corrected chi connectivity index (χ4v) is 0. The molecule has 0 aliphatic carbocycles. The van der Waals surface area contributed by atoms with Crippen molar-refractivity contribution in [1.29, 1.82) is 0 Å². The molecule has 0 rings (SSSR count). The second kappa shape index (κ2) is 30.4. The maximum Gasteiger partial charge on any atom is 2.00 e. The van der Waals surface area contributed by atoms with Crippen molar-refractivity contribution in [2.75, 3.05) is 0 Å². The number of hydrogen-bond acceptors (Lipinski definition) is 2. The van der Waals surface area contributed by atoms with Gasteiger partial charge in [-0.05, 0) is 0 Å². The van der Waals surface area contributed by atoms with Gasteiger partial charge in [0.2, 0.25) is 0 Å². The van der Waals surface area contributed by atoms with E-state index in [1.54, 1.807) is 0 Å². The summed E-state index contributed by atoms with van der Waals surface area (Å²) in [5.74, 6) is 0. The van der Waals surface area contributed by atoms with Gasteiger partial charge in [-0.3, -0.25) is 0 Å². The summed E-state index contributed by atoms with van der Waals surface area (Å²) in [6, 6.07) is 0. The predicted molar refractivity (Wildman–Crippen MR) is 12.4 cm³/mol. The number of rotatable bonds is 0. The van der Waals surface area contributed by atoms with E-state index >= 15 is 0 Å². The summed E-state index contributed by atoms with van der Waals surface area (Å²) in [5.41, 5.74) is 0. The fourth-order valence-electron chi connectivity index (χ4n) is 0. The smallest absolute Gasteiger partial charge is 0.870 e. The van der Waals surface area contributed by atoms with Gasteiger partial charge in [-0.2, -0.15) is 0 Å². The molecular weight excluding hydrogens is 115 g/mol. The Labute approximate surface area is 50.6 Å². The Hall–Kier alpha value is 1.18. The Morgan fingerprint density at radius 3 is 0.750 bits per heavy atom. The first-order chi connectivity index (χ1) is 0. The third-order valence-electron chi connectivity index (χ3n) is 0. The van der Waals surface area contributed by atoms with Crippen molar-refractivity contribution in [1.82, 2.24) is 0 Å². The quantitative estimate of drug-likeness (QED) is 0.373. The van der Waals surface area contributed by atoms with Crippen molar-refractivity contribution in [3.05, 3.63) is 0 Å². The summed E-state index contributed by atoms with van der Waals surface area (Å²) in [6.45, 7) is 0. The molecule has 0 amide bonds. The molecule has 2 N–H and O–H groups in total. The van der Waals surface area contributed by atoms with Gasteiger partial charge in [0, 0.05) is 0 Å². The molecule has 0 radical (unpaired) electrons. The normalized spacial score (nSPS) is 0. The van der Waals surface area contributed by atoms with Crippen LogP contribution < -0.4 is 0 Å². The van der Waals surface area contributed by atoms with E-state index in [1.165, 1.54) is 0 Å². The largest absolute Gasteiger partial charge is 2.00 e. The van der Waals surface area contributed by atoms with Gasteiger partial charge >= 0.3 is 39.5 Å². The topological polar surface area (TPSA) is 60.0 Å². The zero-order chi connectivity index (χ0) is 0. The van der Waals surface area contributed by atoms with E-state index in [1.807, 2.05) is 0 Å². The number of hydrogen-bond donors (Lipinski definition) is 0. The van der Waals surface area contributed by atoms with E-state index < -0.39 is 0 Å². The van der Waals surface area contributed by atoms with Gasteiger partial charge < -0.3 is 11.0 Å². The maximum atomic E-state index is 0. The molecule has 4 heteroatoms. The van der Waals surface area contributed by atoms with Crippen molar-refractivity contribution < 1.29 is 27.4 Å². The summed E-state index contributed by atoms with van der Waals surface area (Å²) in [5, 5.41) is 0.